The second kappa shape index (κ2) is 12.6. The molecule has 0 N–H and O–H groups in total. The molecule has 0 radical (unpaired) electrons. The minimum Gasteiger partial charge on any atom is -0.309 e. The van der Waals surface area contributed by atoms with Crippen molar-refractivity contribution in [2.75, 3.05) is 0 Å². The predicted octanol–water partition coefficient (Wildman–Crippen LogP) is 13.1. The number of fused-ring (bicyclic) bond motifs is 7. The molecule has 0 aliphatic carbocycles. The number of para-hydroxylation sites is 2. The third-order valence-corrected chi connectivity index (χ3v) is 10.8. The Labute approximate surface area is 317 Å². The van der Waals surface area contributed by atoms with Crippen molar-refractivity contribution in [2.24, 2.45) is 0 Å². The largest absolute Gasteiger partial charge is 0.309 e. The second-order valence-electron chi connectivity index (χ2n) is 14.0. The normalized spacial score (nSPS) is 11.6. The standard InChI is InChI=1S/C51H32N4/c1-2-15-34(16-3-1)49-52-50(35-26-29-37(30-27-35)55-46-24-12-10-20-40(46)41-21-11-13-25-47(41)55)54-51(53-49)44-23-9-8-22-42(44)48-39-19-7-5-17-36(39)32-45-38-18-6-4-14-33(38)28-31-43(45)48/h1-32H. The van der Waals surface area contributed by atoms with Gasteiger partial charge in [-0.05, 0) is 85.9 Å². The van der Waals surface area contributed by atoms with E-state index in [1.54, 1.807) is 0 Å². The van der Waals surface area contributed by atoms with Gasteiger partial charge in [-0.3, -0.25) is 0 Å². The summed E-state index contributed by atoms with van der Waals surface area (Å²) in [4.78, 5) is 15.6. The Morgan fingerprint density at radius 3 is 1.55 bits per heavy atom. The van der Waals surface area contributed by atoms with E-state index in [1.165, 1.54) is 59.7 Å². The maximum Gasteiger partial charge on any atom is 0.164 e. The van der Waals surface area contributed by atoms with E-state index in [1.807, 2.05) is 18.2 Å². The molecule has 11 rings (SSSR count). The highest BCUT2D eigenvalue weighted by Crippen LogP contribution is 2.43. The molecule has 2 heterocycles. The van der Waals surface area contributed by atoms with Crippen molar-refractivity contribution in [3.05, 3.63) is 194 Å². The molecule has 0 fully saturated rings. The molecule has 2 aromatic heterocycles. The van der Waals surface area contributed by atoms with Gasteiger partial charge in [-0.15, -0.1) is 0 Å². The molecule has 0 saturated carbocycles. The van der Waals surface area contributed by atoms with Crippen LogP contribution < -0.4 is 0 Å². The van der Waals surface area contributed by atoms with Crippen LogP contribution in [0.25, 0.3) is 105 Å². The van der Waals surface area contributed by atoms with Gasteiger partial charge in [0, 0.05) is 33.2 Å². The van der Waals surface area contributed by atoms with Crippen molar-refractivity contribution in [3.8, 4) is 51.0 Å². The molecule has 256 valence electrons. The smallest absolute Gasteiger partial charge is 0.164 e. The van der Waals surface area contributed by atoms with Gasteiger partial charge in [-0.1, -0.05) is 152 Å². The van der Waals surface area contributed by atoms with E-state index < -0.39 is 0 Å². The Hall–Kier alpha value is -7.43. The van der Waals surface area contributed by atoms with Crippen molar-refractivity contribution in [1.82, 2.24) is 19.5 Å². The molecule has 0 aliphatic heterocycles. The van der Waals surface area contributed by atoms with Crippen LogP contribution in [0.15, 0.2) is 194 Å². The van der Waals surface area contributed by atoms with E-state index in [-0.39, 0.29) is 0 Å². The Morgan fingerprint density at radius 1 is 0.309 bits per heavy atom. The fourth-order valence-corrected chi connectivity index (χ4v) is 8.31. The molecule has 4 nitrogen and oxygen atoms in total. The van der Waals surface area contributed by atoms with Crippen LogP contribution in [0.3, 0.4) is 0 Å². The number of rotatable bonds is 5. The number of hydrogen-bond acceptors (Lipinski definition) is 3. The molecular formula is C51H32N4. The van der Waals surface area contributed by atoms with Gasteiger partial charge in [0.05, 0.1) is 11.0 Å². The van der Waals surface area contributed by atoms with Crippen molar-refractivity contribution in [2.45, 2.75) is 0 Å². The van der Waals surface area contributed by atoms with Crippen molar-refractivity contribution in [3.63, 3.8) is 0 Å². The Morgan fingerprint density at radius 2 is 0.836 bits per heavy atom. The average Bonchev–Trinajstić information content (AvgIpc) is 3.60. The van der Waals surface area contributed by atoms with Crippen molar-refractivity contribution in [1.29, 1.82) is 0 Å². The summed E-state index contributed by atoms with van der Waals surface area (Å²) < 4.78 is 2.33. The lowest BCUT2D eigenvalue weighted by Gasteiger charge is -2.17. The lowest BCUT2D eigenvalue weighted by atomic mass is 9.88. The van der Waals surface area contributed by atoms with Crippen LogP contribution in [0.1, 0.15) is 0 Å². The monoisotopic (exact) mass is 700 g/mol. The van der Waals surface area contributed by atoms with Crippen molar-refractivity contribution >= 4 is 54.1 Å². The van der Waals surface area contributed by atoms with Gasteiger partial charge >= 0.3 is 0 Å². The zero-order valence-corrected chi connectivity index (χ0v) is 29.8. The molecule has 11 aromatic rings. The van der Waals surface area contributed by atoms with Crippen LogP contribution in [0.4, 0.5) is 0 Å². The maximum absolute atomic E-state index is 5.26. The minimum absolute atomic E-state index is 0.626. The summed E-state index contributed by atoms with van der Waals surface area (Å²) >= 11 is 0. The summed E-state index contributed by atoms with van der Waals surface area (Å²) in [6.45, 7) is 0. The van der Waals surface area contributed by atoms with Crippen LogP contribution in [-0.4, -0.2) is 19.5 Å². The lowest BCUT2D eigenvalue weighted by Crippen LogP contribution is -2.01. The fraction of sp³-hybridized carbons (Fsp3) is 0. The summed E-state index contributed by atoms with van der Waals surface area (Å²) in [5.41, 5.74) is 8.51. The van der Waals surface area contributed by atoms with E-state index in [2.05, 4.69) is 180 Å². The summed E-state index contributed by atoms with van der Waals surface area (Å²) in [7, 11) is 0. The average molecular weight is 701 g/mol. The second-order valence-corrected chi connectivity index (χ2v) is 14.0. The molecular weight excluding hydrogens is 669 g/mol. The third kappa shape index (κ3) is 5.11. The highest BCUT2D eigenvalue weighted by atomic mass is 15.0. The quantitative estimate of drug-likeness (QED) is 0.133. The van der Waals surface area contributed by atoms with Gasteiger partial charge in [0.2, 0.25) is 0 Å². The van der Waals surface area contributed by atoms with E-state index in [4.69, 9.17) is 15.0 Å². The number of hydrogen-bond donors (Lipinski definition) is 0. The van der Waals surface area contributed by atoms with Crippen molar-refractivity contribution < 1.29 is 0 Å². The maximum atomic E-state index is 5.26. The zero-order valence-electron chi connectivity index (χ0n) is 29.8. The molecule has 4 heteroatoms. The summed E-state index contributed by atoms with van der Waals surface area (Å²) in [6, 6.07) is 68.6. The zero-order chi connectivity index (χ0) is 36.3. The SMILES string of the molecule is c1ccc(-c2nc(-c3ccc(-n4c5ccccc5c5ccccc54)cc3)nc(-c3ccccc3-c3c4ccccc4cc4c3ccc3ccccc34)n2)cc1. The van der Waals surface area contributed by atoms with E-state index in [0.717, 1.165) is 27.9 Å². The van der Waals surface area contributed by atoms with E-state index >= 15 is 0 Å². The number of aromatic nitrogens is 4. The lowest BCUT2D eigenvalue weighted by molar-refractivity contribution is 1.07. The van der Waals surface area contributed by atoms with Crippen LogP contribution in [-0.2, 0) is 0 Å². The topological polar surface area (TPSA) is 43.6 Å². The van der Waals surface area contributed by atoms with Gasteiger partial charge in [0.15, 0.2) is 17.5 Å². The molecule has 9 aromatic carbocycles. The molecule has 55 heavy (non-hydrogen) atoms. The predicted molar refractivity (Wildman–Crippen MR) is 228 cm³/mol. The summed E-state index contributed by atoms with van der Waals surface area (Å²) in [5, 5.41) is 9.75. The molecule has 0 aliphatic rings. The van der Waals surface area contributed by atoms with Crippen LogP contribution >= 0.6 is 0 Å². The van der Waals surface area contributed by atoms with Gasteiger partial charge in [0.25, 0.3) is 0 Å². The molecule has 0 unspecified atom stereocenters. The first-order valence-electron chi connectivity index (χ1n) is 18.6. The molecule has 0 atom stereocenters. The van der Waals surface area contributed by atoms with Gasteiger partial charge in [-0.2, -0.15) is 0 Å². The minimum atomic E-state index is 0.626. The van der Waals surface area contributed by atoms with Gasteiger partial charge in [0.1, 0.15) is 0 Å². The van der Waals surface area contributed by atoms with Crippen LogP contribution in [0, 0.1) is 0 Å². The summed E-state index contributed by atoms with van der Waals surface area (Å²) in [5.74, 6) is 1.89. The summed E-state index contributed by atoms with van der Waals surface area (Å²) in [6.07, 6.45) is 0. The van der Waals surface area contributed by atoms with Gasteiger partial charge in [-0.25, -0.2) is 15.0 Å². The fourth-order valence-electron chi connectivity index (χ4n) is 8.31. The Bertz CT molecular complexity index is 3200. The highest BCUT2D eigenvalue weighted by molar-refractivity contribution is 6.21. The Balaban J connectivity index is 1.11. The number of nitrogens with zero attached hydrogens (tertiary/aromatic N) is 4. The molecule has 0 amide bonds. The van der Waals surface area contributed by atoms with E-state index in [9.17, 15) is 0 Å². The third-order valence-electron chi connectivity index (χ3n) is 10.8. The van der Waals surface area contributed by atoms with Crippen LogP contribution in [0.2, 0.25) is 0 Å². The highest BCUT2D eigenvalue weighted by Gasteiger charge is 2.20. The number of benzene rings is 9. The van der Waals surface area contributed by atoms with E-state index in [0.29, 0.717) is 17.5 Å². The van der Waals surface area contributed by atoms with Crippen LogP contribution in [0.5, 0.6) is 0 Å². The first-order valence-corrected chi connectivity index (χ1v) is 18.6. The Kier molecular flexibility index (Phi) is 7.14. The van der Waals surface area contributed by atoms with Gasteiger partial charge < -0.3 is 4.57 Å². The first-order chi connectivity index (χ1) is 27.3. The first kappa shape index (κ1) is 31.1. The molecule has 0 saturated heterocycles. The molecule has 0 spiro atoms. The molecule has 0 bridgehead atoms.